The van der Waals surface area contributed by atoms with Gasteiger partial charge in [0.25, 0.3) is 0 Å². The van der Waals surface area contributed by atoms with Gasteiger partial charge in [-0.25, -0.2) is 0 Å². The molecule has 0 bridgehead atoms. The van der Waals surface area contributed by atoms with Gasteiger partial charge in [0.15, 0.2) is 0 Å². The van der Waals surface area contributed by atoms with Gasteiger partial charge in [0.2, 0.25) is 5.91 Å². The van der Waals surface area contributed by atoms with Gasteiger partial charge in [-0.2, -0.15) is 0 Å². The van der Waals surface area contributed by atoms with Crippen molar-refractivity contribution in [2.24, 2.45) is 0 Å². The van der Waals surface area contributed by atoms with Crippen LogP contribution in [0.5, 0.6) is 0 Å². The van der Waals surface area contributed by atoms with E-state index in [0.717, 1.165) is 31.6 Å². The van der Waals surface area contributed by atoms with Gasteiger partial charge < -0.3 is 15.4 Å². The topological polar surface area (TPSA) is 50.4 Å². The number of amides is 1. The molecule has 3 fully saturated rings. The Morgan fingerprint density at radius 1 is 1.22 bits per heavy atom. The summed E-state index contributed by atoms with van der Waals surface area (Å²) in [7, 11) is 0. The Morgan fingerprint density at radius 2 is 2.09 bits per heavy atom. The fourth-order valence-electron chi connectivity index (χ4n) is 4.44. The molecule has 2 aliphatic heterocycles. The van der Waals surface area contributed by atoms with Crippen LogP contribution in [-0.2, 0) is 9.53 Å². The number of benzene rings is 1. The first-order valence-corrected chi connectivity index (χ1v) is 9.02. The quantitative estimate of drug-likeness (QED) is 0.897. The summed E-state index contributed by atoms with van der Waals surface area (Å²) in [5.74, 6) is 0.173. The molecule has 1 aromatic rings. The molecular formula is C19H26N2O2. The maximum Gasteiger partial charge on any atom is 0.220 e. The van der Waals surface area contributed by atoms with E-state index >= 15 is 0 Å². The third-order valence-electron chi connectivity index (χ3n) is 5.62. The molecule has 1 spiro atoms. The summed E-state index contributed by atoms with van der Waals surface area (Å²) in [5, 5.41) is 6.75. The van der Waals surface area contributed by atoms with Crippen molar-refractivity contribution >= 4 is 11.6 Å². The van der Waals surface area contributed by atoms with E-state index in [9.17, 15) is 4.79 Å². The van der Waals surface area contributed by atoms with Crippen molar-refractivity contribution in [3.63, 3.8) is 0 Å². The van der Waals surface area contributed by atoms with E-state index in [0.29, 0.717) is 12.5 Å². The van der Waals surface area contributed by atoms with Gasteiger partial charge >= 0.3 is 0 Å². The molecule has 2 saturated heterocycles. The van der Waals surface area contributed by atoms with Crippen molar-refractivity contribution in [3.05, 3.63) is 29.8 Å². The van der Waals surface area contributed by atoms with Crippen LogP contribution in [0.2, 0.25) is 0 Å². The zero-order valence-electron chi connectivity index (χ0n) is 13.6. The van der Waals surface area contributed by atoms with Crippen molar-refractivity contribution in [2.75, 3.05) is 11.9 Å². The molecule has 124 valence electrons. The van der Waals surface area contributed by atoms with Crippen LogP contribution < -0.4 is 10.6 Å². The van der Waals surface area contributed by atoms with E-state index in [-0.39, 0.29) is 17.6 Å². The minimum atomic E-state index is 0.159. The lowest BCUT2D eigenvalue weighted by Crippen LogP contribution is -2.32. The van der Waals surface area contributed by atoms with E-state index in [1.165, 1.54) is 31.2 Å². The van der Waals surface area contributed by atoms with Crippen LogP contribution in [0.3, 0.4) is 0 Å². The first-order chi connectivity index (χ1) is 11.2. The van der Waals surface area contributed by atoms with Gasteiger partial charge in [-0.15, -0.1) is 0 Å². The number of rotatable bonds is 3. The standard InChI is InChI=1S/C19H26N2O2/c22-18-8-4-7-17(21-18)14-5-3-6-15(11-14)20-16-12-19(23-13-16)9-1-2-10-19/h3,5-6,11,16-17,20H,1-2,4,7-10,12-13H2,(H,21,22). The van der Waals surface area contributed by atoms with Crippen LogP contribution in [0.1, 0.15) is 63.0 Å². The third-order valence-corrected chi connectivity index (χ3v) is 5.62. The number of hydrogen-bond donors (Lipinski definition) is 2. The summed E-state index contributed by atoms with van der Waals surface area (Å²) in [4.78, 5) is 11.6. The zero-order valence-corrected chi connectivity index (χ0v) is 13.6. The lowest BCUT2D eigenvalue weighted by Gasteiger charge is -2.24. The first kappa shape index (κ1) is 15.0. The maximum atomic E-state index is 11.6. The van der Waals surface area contributed by atoms with Gasteiger partial charge in [-0.3, -0.25) is 4.79 Å². The number of carbonyl (C=O) groups is 1. The van der Waals surface area contributed by atoms with Crippen LogP contribution in [-0.4, -0.2) is 24.2 Å². The van der Waals surface area contributed by atoms with Crippen LogP contribution in [0, 0.1) is 0 Å². The molecule has 4 nitrogen and oxygen atoms in total. The highest BCUT2D eigenvalue weighted by molar-refractivity contribution is 5.77. The second-order valence-corrected chi connectivity index (χ2v) is 7.38. The fourth-order valence-corrected chi connectivity index (χ4v) is 4.44. The van der Waals surface area contributed by atoms with Gasteiger partial charge in [-0.05, 0) is 49.8 Å². The average Bonchev–Trinajstić information content (AvgIpc) is 3.18. The fraction of sp³-hybridized carbons (Fsp3) is 0.632. The molecule has 1 saturated carbocycles. The van der Waals surface area contributed by atoms with Gasteiger partial charge in [0.05, 0.1) is 24.3 Å². The minimum Gasteiger partial charge on any atom is -0.380 e. The lowest BCUT2D eigenvalue weighted by molar-refractivity contribution is -0.123. The highest BCUT2D eigenvalue weighted by Crippen LogP contribution is 2.41. The molecule has 0 radical (unpaired) electrons. The van der Waals surface area contributed by atoms with Crippen molar-refractivity contribution in [1.29, 1.82) is 0 Å². The Morgan fingerprint density at radius 3 is 2.91 bits per heavy atom. The van der Waals surface area contributed by atoms with Gasteiger partial charge in [0.1, 0.15) is 0 Å². The van der Waals surface area contributed by atoms with Crippen molar-refractivity contribution < 1.29 is 9.53 Å². The second kappa shape index (κ2) is 6.16. The molecule has 4 heteroatoms. The summed E-state index contributed by atoms with van der Waals surface area (Å²) in [5.41, 5.74) is 2.51. The average molecular weight is 314 g/mol. The summed E-state index contributed by atoms with van der Waals surface area (Å²) in [6.45, 7) is 0.810. The summed E-state index contributed by atoms with van der Waals surface area (Å²) in [6.07, 6.45) is 8.86. The maximum absolute atomic E-state index is 11.6. The predicted molar refractivity (Wildman–Crippen MR) is 90.4 cm³/mol. The van der Waals surface area contributed by atoms with Gasteiger partial charge in [-0.1, -0.05) is 25.0 Å². The van der Waals surface area contributed by atoms with Crippen LogP contribution in [0.15, 0.2) is 24.3 Å². The molecule has 23 heavy (non-hydrogen) atoms. The normalized spacial score (nSPS) is 29.7. The number of anilines is 1. The summed E-state index contributed by atoms with van der Waals surface area (Å²) >= 11 is 0. The lowest BCUT2D eigenvalue weighted by atomic mass is 9.95. The number of carbonyl (C=O) groups excluding carboxylic acids is 1. The molecule has 2 atom stereocenters. The highest BCUT2D eigenvalue weighted by Gasteiger charge is 2.42. The molecule has 4 rings (SSSR count). The monoisotopic (exact) mass is 314 g/mol. The molecule has 2 N–H and O–H groups in total. The van der Waals surface area contributed by atoms with E-state index < -0.39 is 0 Å². The van der Waals surface area contributed by atoms with Crippen LogP contribution >= 0.6 is 0 Å². The Kier molecular flexibility index (Phi) is 4.02. The van der Waals surface area contributed by atoms with E-state index in [1.807, 2.05) is 0 Å². The number of ether oxygens (including phenoxy) is 1. The Labute approximate surface area is 138 Å². The second-order valence-electron chi connectivity index (χ2n) is 7.38. The van der Waals surface area contributed by atoms with Crippen LogP contribution in [0.25, 0.3) is 0 Å². The van der Waals surface area contributed by atoms with Crippen molar-refractivity contribution in [2.45, 2.75) is 69.1 Å². The molecular weight excluding hydrogens is 288 g/mol. The first-order valence-electron chi connectivity index (χ1n) is 9.02. The number of nitrogens with one attached hydrogen (secondary N) is 2. The molecule has 2 unspecified atom stereocenters. The summed E-state index contributed by atoms with van der Waals surface area (Å²) < 4.78 is 6.13. The third kappa shape index (κ3) is 3.23. The predicted octanol–water partition coefficient (Wildman–Crippen LogP) is 3.54. The van der Waals surface area contributed by atoms with Gasteiger partial charge in [0, 0.05) is 12.1 Å². The highest BCUT2D eigenvalue weighted by atomic mass is 16.5. The van der Waals surface area contributed by atoms with E-state index in [1.54, 1.807) is 0 Å². The Balaban J connectivity index is 1.41. The van der Waals surface area contributed by atoms with E-state index in [4.69, 9.17) is 4.74 Å². The smallest absolute Gasteiger partial charge is 0.220 e. The minimum absolute atomic E-state index is 0.159. The molecule has 2 heterocycles. The van der Waals surface area contributed by atoms with E-state index in [2.05, 4.69) is 34.9 Å². The zero-order chi connectivity index (χ0) is 15.7. The Hall–Kier alpha value is -1.55. The molecule has 1 aliphatic carbocycles. The SMILES string of the molecule is O=C1CCCC(c2cccc(NC3COC4(CCCC4)C3)c2)N1. The van der Waals surface area contributed by atoms with Crippen molar-refractivity contribution in [1.82, 2.24) is 5.32 Å². The molecule has 3 aliphatic rings. The largest absolute Gasteiger partial charge is 0.380 e. The molecule has 1 amide bonds. The number of piperidine rings is 1. The van der Waals surface area contributed by atoms with Crippen molar-refractivity contribution in [3.8, 4) is 0 Å². The Bertz CT molecular complexity index is 580. The molecule has 0 aromatic heterocycles. The van der Waals surface area contributed by atoms with Crippen LogP contribution in [0.4, 0.5) is 5.69 Å². The molecule has 1 aromatic carbocycles. The number of hydrogen-bond acceptors (Lipinski definition) is 3. The summed E-state index contributed by atoms with van der Waals surface area (Å²) in [6, 6.07) is 9.08.